The van der Waals surface area contributed by atoms with Crippen LogP contribution >= 0.6 is 0 Å². The summed E-state index contributed by atoms with van der Waals surface area (Å²) in [6.45, 7) is 2.54. The van der Waals surface area contributed by atoms with Crippen LogP contribution < -0.4 is 0 Å². The second kappa shape index (κ2) is 7.60. The van der Waals surface area contributed by atoms with Crippen LogP contribution in [0.25, 0.3) is 0 Å². The Morgan fingerprint density at radius 2 is 2.08 bits per heavy atom. The van der Waals surface area contributed by atoms with Gasteiger partial charge in [0.2, 0.25) is 5.91 Å². The molecular weight excluding hydrogens is 330 g/mol. The highest BCUT2D eigenvalue weighted by atomic mass is 16.5. The molecule has 0 saturated heterocycles. The number of amides is 1. The fraction of sp³-hybridized carbons (Fsp3) is 0.500. The number of nitrogens with zero attached hydrogens (tertiary/aromatic N) is 3. The van der Waals surface area contributed by atoms with Crippen LogP contribution in [-0.2, 0) is 29.2 Å². The van der Waals surface area contributed by atoms with E-state index in [1.165, 1.54) is 0 Å². The second-order valence-corrected chi connectivity index (χ2v) is 7.21. The van der Waals surface area contributed by atoms with Crippen LogP contribution in [0.1, 0.15) is 42.3 Å². The number of carbonyl (C=O) groups is 1. The van der Waals surface area contributed by atoms with Crippen LogP contribution in [0.2, 0.25) is 0 Å². The molecule has 2 aliphatic rings. The van der Waals surface area contributed by atoms with E-state index in [-0.39, 0.29) is 12.5 Å². The Labute approximate surface area is 153 Å². The lowest BCUT2D eigenvalue weighted by Crippen LogP contribution is -2.33. The number of carbonyl (C=O) groups excluding carboxylic acids is 1. The Kier molecular flexibility index (Phi) is 5.04. The van der Waals surface area contributed by atoms with Crippen molar-refractivity contribution in [2.75, 3.05) is 13.2 Å². The summed E-state index contributed by atoms with van der Waals surface area (Å²) in [5.41, 5.74) is 2.80. The normalized spacial score (nSPS) is 18.3. The standard InChI is InChI=1S/C20H25N3O3/c24-19(14-26-13-15-5-2-1-3-6-15)22-9-4-10-23-17(12-22)11-18(21-23)20(25)16-7-8-16/h1-3,5-6,11,16,20,25H,4,7-10,12-14H2/t20-/m0/s1. The van der Waals surface area contributed by atoms with E-state index >= 15 is 0 Å². The molecular formula is C20H25N3O3. The van der Waals surface area contributed by atoms with Gasteiger partial charge in [0.15, 0.2) is 0 Å². The van der Waals surface area contributed by atoms with Crippen molar-refractivity contribution in [2.45, 2.75) is 45.1 Å². The summed E-state index contributed by atoms with van der Waals surface area (Å²) in [5, 5.41) is 14.9. The van der Waals surface area contributed by atoms with Crippen LogP contribution in [0, 0.1) is 5.92 Å². The molecule has 2 aromatic rings. The third-order valence-corrected chi connectivity index (χ3v) is 5.09. The first-order chi connectivity index (χ1) is 12.7. The Balaban J connectivity index is 1.34. The predicted molar refractivity (Wildman–Crippen MR) is 96.0 cm³/mol. The summed E-state index contributed by atoms with van der Waals surface area (Å²) < 4.78 is 7.54. The van der Waals surface area contributed by atoms with E-state index in [0.29, 0.717) is 25.6 Å². The van der Waals surface area contributed by atoms with Crippen molar-refractivity contribution in [3.05, 3.63) is 53.3 Å². The van der Waals surface area contributed by atoms with Gasteiger partial charge in [0, 0.05) is 13.1 Å². The quantitative estimate of drug-likeness (QED) is 0.863. The van der Waals surface area contributed by atoms with Crippen molar-refractivity contribution < 1.29 is 14.6 Å². The maximum atomic E-state index is 12.5. The topological polar surface area (TPSA) is 67.6 Å². The van der Waals surface area contributed by atoms with Gasteiger partial charge in [-0.25, -0.2) is 0 Å². The highest BCUT2D eigenvalue weighted by molar-refractivity contribution is 5.77. The zero-order chi connectivity index (χ0) is 17.9. The van der Waals surface area contributed by atoms with E-state index in [2.05, 4.69) is 5.10 Å². The van der Waals surface area contributed by atoms with Crippen molar-refractivity contribution in [2.24, 2.45) is 5.92 Å². The Bertz CT molecular complexity index is 755. The average Bonchev–Trinajstić information content (AvgIpc) is 3.46. The summed E-state index contributed by atoms with van der Waals surface area (Å²) in [6.07, 6.45) is 2.55. The molecule has 1 aliphatic carbocycles. The van der Waals surface area contributed by atoms with Crippen molar-refractivity contribution >= 4 is 5.91 Å². The lowest BCUT2D eigenvalue weighted by Gasteiger charge is -2.20. The summed E-state index contributed by atoms with van der Waals surface area (Å²) in [7, 11) is 0. The van der Waals surface area contributed by atoms with Crippen LogP contribution in [-0.4, -0.2) is 38.8 Å². The number of hydrogen-bond acceptors (Lipinski definition) is 4. The van der Waals surface area contributed by atoms with Gasteiger partial charge in [0.1, 0.15) is 12.7 Å². The molecule has 0 spiro atoms. The van der Waals surface area contributed by atoms with Gasteiger partial charge >= 0.3 is 0 Å². The van der Waals surface area contributed by atoms with Gasteiger partial charge in [0.05, 0.1) is 24.5 Å². The smallest absolute Gasteiger partial charge is 0.248 e. The zero-order valence-corrected chi connectivity index (χ0v) is 14.9. The Morgan fingerprint density at radius 3 is 2.85 bits per heavy atom. The van der Waals surface area contributed by atoms with Gasteiger partial charge in [-0.2, -0.15) is 5.10 Å². The highest BCUT2D eigenvalue weighted by Gasteiger charge is 2.33. The summed E-state index contributed by atoms with van der Waals surface area (Å²) in [5.74, 6) is 0.359. The molecule has 1 saturated carbocycles. The van der Waals surface area contributed by atoms with E-state index in [9.17, 15) is 9.90 Å². The SMILES string of the molecule is O=C(COCc1ccccc1)N1CCCn2nc([C@@H](O)C3CC3)cc2C1. The van der Waals surface area contributed by atoms with Gasteiger partial charge in [-0.05, 0) is 36.8 Å². The minimum atomic E-state index is -0.465. The summed E-state index contributed by atoms with van der Waals surface area (Å²) >= 11 is 0. The number of aromatic nitrogens is 2. The number of aryl methyl sites for hydroxylation is 1. The fourth-order valence-electron chi connectivity index (χ4n) is 3.42. The monoisotopic (exact) mass is 355 g/mol. The largest absolute Gasteiger partial charge is 0.386 e. The molecule has 0 unspecified atom stereocenters. The number of fused-ring (bicyclic) bond motifs is 1. The molecule has 1 amide bonds. The molecule has 26 heavy (non-hydrogen) atoms. The molecule has 6 nitrogen and oxygen atoms in total. The van der Waals surface area contributed by atoms with Crippen molar-refractivity contribution in [1.29, 1.82) is 0 Å². The number of ether oxygens (including phenoxy) is 1. The molecule has 4 rings (SSSR count). The molecule has 1 N–H and O–H groups in total. The molecule has 0 radical (unpaired) electrons. The first-order valence-corrected chi connectivity index (χ1v) is 9.35. The van der Waals surface area contributed by atoms with E-state index in [0.717, 1.165) is 42.8 Å². The number of rotatable bonds is 6. The van der Waals surface area contributed by atoms with E-state index in [1.54, 1.807) is 0 Å². The lowest BCUT2D eigenvalue weighted by atomic mass is 10.1. The van der Waals surface area contributed by atoms with E-state index in [4.69, 9.17) is 4.74 Å². The molecule has 1 aliphatic heterocycles. The van der Waals surface area contributed by atoms with Crippen molar-refractivity contribution in [3.63, 3.8) is 0 Å². The maximum Gasteiger partial charge on any atom is 0.248 e. The third-order valence-electron chi connectivity index (χ3n) is 5.09. The molecule has 1 fully saturated rings. The van der Waals surface area contributed by atoms with Crippen LogP contribution in [0.15, 0.2) is 36.4 Å². The second-order valence-electron chi connectivity index (χ2n) is 7.21. The maximum absolute atomic E-state index is 12.5. The van der Waals surface area contributed by atoms with E-state index < -0.39 is 6.10 Å². The molecule has 6 heteroatoms. The molecule has 0 bridgehead atoms. The van der Waals surface area contributed by atoms with Gasteiger partial charge < -0.3 is 14.7 Å². The molecule has 2 heterocycles. The van der Waals surface area contributed by atoms with Gasteiger partial charge in [-0.15, -0.1) is 0 Å². The lowest BCUT2D eigenvalue weighted by molar-refractivity contribution is -0.137. The number of hydrogen-bond donors (Lipinski definition) is 1. The predicted octanol–water partition coefficient (Wildman–Crippen LogP) is 2.28. The van der Waals surface area contributed by atoms with Gasteiger partial charge in [0.25, 0.3) is 0 Å². The minimum absolute atomic E-state index is 0.000118. The van der Waals surface area contributed by atoms with Crippen LogP contribution in [0.3, 0.4) is 0 Å². The minimum Gasteiger partial charge on any atom is -0.386 e. The third kappa shape index (κ3) is 3.97. The summed E-state index contributed by atoms with van der Waals surface area (Å²) in [6, 6.07) is 11.8. The van der Waals surface area contributed by atoms with E-state index in [1.807, 2.05) is 46.0 Å². The Hall–Kier alpha value is -2.18. The first-order valence-electron chi connectivity index (χ1n) is 9.35. The van der Waals surface area contributed by atoms with Crippen LogP contribution in [0.5, 0.6) is 0 Å². The Morgan fingerprint density at radius 1 is 1.27 bits per heavy atom. The number of benzene rings is 1. The molecule has 1 aromatic heterocycles. The average molecular weight is 355 g/mol. The highest BCUT2D eigenvalue weighted by Crippen LogP contribution is 2.40. The number of aliphatic hydroxyl groups is 1. The molecule has 1 atom stereocenters. The van der Waals surface area contributed by atoms with Crippen LogP contribution in [0.4, 0.5) is 0 Å². The number of aliphatic hydroxyl groups excluding tert-OH is 1. The van der Waals surface area contributed by atoms with Gasteiger partial charge in [-0.3, -0.25) is 9.48 Å². The zero-order valence-electron chi connectivity index (χ0n) is 14.9. The first kappa shape index (κ1) is 17.2. The summed E-state index contributed by atoms with van der Waals surface area (Å²) in [4.78, 5) is 14.4. The van der Waals surface area contributed by atoms with Crippen molar-refractivity contribution in [3.8, 4) is 0 Å². The van der Waals surface area contributed by atoms with Crippen molar-refractivity contribution in [1.82, 2.24) is 14.7 Å². The molecule has 138 valence electrons. The fourth-order valence-corrected chi connectivity index (χ4v) is 3.42. The molecule has 1 aromatic carbocycles. The van der Waals surface area contributed by atoms with Gasteiger partial charge in [-0.1, -0.05) is 30.3 Å².